The van der Waals surface area contributed by atoms with Crippen molar-refractivity contribution in [3.05, 3.63) is 46.8 Å². The molecule has 0 radical (unpaired) electrons. The molecule has 1 atom stereocenters. The van der Waals surface area contributed by atoms with Crippen molar-refractivity contribution in [1.29, 1.82) is 0 Å². The maximum absolute atomic E-state index is 13.0. The Morgan fingerprint density at radius 1 is 1.28 bits per heavy atom. The Balaban J connectivity index is 1.94. The van der Waals surface area contributed by atoms with Crippen molar-refractivity contribution in [2.24, 2.45) is 0 Å². The van der Waals surface area contributed by atoms with Crippen LogP contribution >= 0.6 is 0 Å². The Kier molecular flexibility index (Phi) is 4.54. The lowest BCUT2D eigenvalue weighted by Crippen LogP contribution is -2.13. The van der Waals surface area contributed by atoms with Crippen molar-refractivity contribution in [1.82, 2.24) is 0 Å². The minimum atomic E-state index is -0.349. The van der Waals surface area contributed by atoms with Gasteiger partial charge in [-0.05, 0) is 68.7 Å². The summed E-state index contributed by atoms with van der Waals surface area (Å²) in [4.78, 5) is 0. The molecule has 1 aliphatic carbocycles. The number of aryl methyl sites for hydroxylation is 1. The summed E-state index contributed by atoms with van der Waals surface area (Å²) in [5.41, 5.74) is 3.35. The third-order valence-electron chi connectivity index (χ3n) is 3.64. The van der Waals surface area contributed by atoms with E-state index in [1.807, 2.05) is 6.92 Å². The van der Waals surface area contributed by atoms with Crippen LogP contribution in [0.5, 0.6) is 0 Å². The van der Waals surface area contributed by atoms with Gasteiger partial charge in [0.1, 0.15) is 5.82 Å². The van der Waals surface area contributed by atoms with Gasteiger partial charge in [0.25, 0.3) is 0 Å². The minimum Gasteiger partial charge on any atom is -0.392 e. The maximum atomic E-state index is 13.0. The number of aliphatic hydroxyl groups excluding tert-OH is 1. The van der Waals surface area contributed by atoms with Crippen LogP contribution in [0.3, 0.4) is 0 Å². The van der Waals surface area contributed by atoms with E-state index < -0.39 is 0 Å². The number of hydrogen-bond donors (Lipinski definition) is 1. The van der Waals surface area contributed by atoms with Crippen molar-refractivity contribution in [3.8, 4) is 0 Å². The van der Waals surface area contributed by atoms with E-state index in [2.05, 4.69) is 6.08 Å². The molecule has 0 amide bonds. The van der Waals surface area contributed by atoms with E-state index in [4.69, 9.17) is 0 Å². The lowest BCUT2D eigenvalue weighted by Gasteiger charge is -2.17. The molecule has 1 nitrogen and oxygen atoms in total. The van der Waals surface area contributed by atoms with Crippen LogP contribution in [0.25, 0.3) is 0 Å². The number of aliphatic hydroxyl groups is 1. The highest BCUT2D eigenvalue weighted by atomic mass is 19.1. The first-order valence-electron chi connectivity index (χ1n) is 6.76. The van der Waals surface area contributed by atoms with Gasteiger partial charge in [0.05, 0.1) is 6.10 Å². The van der Waals surface area contributed by atoms with Crippen LogP contribution in [-0.4, -0.2) is 11.2 Å². The second-order valence-corrected chi connectivity index (χ2v) is 5.24. The molecule has 98 valence electrons. The predicted molar refractivity (Wildman–Crippen MR) is 72.0 cm³/mol. The Bertz CT molecular complexity index is 437. The van der Waals surface area contributed by atoms with Crippen LogP contribution in [-0.2, 0) is 6.42 Å². The number of rotatable bonds is 4. The molecular weight excluding hydrogens is 227 g/mol. The van der Waals surface area contributed by atoms with Crippen molar-refractivity contribution >= 4 is 0 Å². The Morgan fingerprint density at radius 3 is 2.78 bits per heavy atom. The number of benzene rings is 1. The summed E-state index contributed by atoms with van der Waals surface area (Å²) >= 11 is 0. The highest BCUT2D eigenvalue weighted by Gasteiger charge is 2.12. The summed E-state index contributed by atoms with van der Waals surface area (Å²) in [7, 11) is 0. The third kappa shape index (κ3) is 3.67. The fourth-order valence-electron chi connectivity index (χ4n) is 2.61. The van der Waals surface area contributed by atoms with Crippen LogP contribution in [0, 0.1) is 12.7 Å². The maximum Gasteiger partial charge on any atom is 0.123 e. The van der Waals surface area contributed by atoms with E-state index >= 15 is 0 Å². The molecule has 1 aromatic rings. The Labute approximate surface area is 108 Å². The van der Waals surface area contributed by atoms with Crippen LogP contribution in [0.1, 0.15) is 43.2 Å². The molecule has 0 fully saturated rings. The topological polar surface area (TPSA) is 20.2 Å². The van der Waals surface area contributed by atoms with Gasteiger partial charge >= 0.3 is 0 Å². The lowest BCUT2D eigenvalue weighted by atomic mass is 9.92. The average molecular weight is 248 g/mol. The first kappa shape index (κ1) is 13.3. The van der Waals surface area contributed by atoms with E-state index in [9.17, 15) is 9.50 Å². The quantitative estimate of drug-likeness (QED) is 0.800. The van der Waals surface area contributed by atoms with E-state index in [0.29, 0.717) is 6.42 Å². The fraction of sp³-hybridized carbons (Fsp3) is 0.500. The SMILES string of the molecule is Cc1cc(F)ccc1CC(O)CC1=CCCCC1. The van der Waals surface area contributed by atoms with Gasteiger partial charge in [0.2, 0.25) is 0 Å². The van der Waals surface area contributed by atoms with Gasteiger partial charge in [-0.15, -0.1) is 0 Å². The molecule has 0 bridgehead atoms. The van der Waals surface area contributed by atoms with Crippen molar-refractivity contribution in [2.75, 3.05) is 0 Å². The average Bonchev–Trinajstić information content (AvgIpc) is 2.34. The molecule has 1 unspecified atom stereocenters. The molecule has 1 aromatic carbocycles. The molecule has 0 heterocycles. The second-order valence-electron chi connectivity index (χ2n) is 5.24. The second kappa shape index (κ2) is 6.14. The highest BCUT2D eigenvalue weighted by molar-refractivity contribution is 5.27. The van der Waals surface area contributed by atoms with Crippen molar-refractivity contribution in [3.63, 3.8) is 0 Å². The van der Waals surface area contributed by atoms with E-state index in [-0.39, 0.29) is 11.9 Å². The van der Waals surface area contributed by atoms with E-state index in [1.54, 1.807) is 6.07 Å². The van der Waals surface area contributed by atoms with Crippen LogP contribution in [0.15, 0.2) is 29.8 Å². The Hall–Kier alpha value is -1.15. The molecule has 0 saturated heterocycles. The molecular formula is C16H21FO. The highest BCUT2D eigenvalue weighted by Crippen LogP contribution is 2.23. The summed E-state index contributed by atoms with van der Waals surface area (Å²) in [6.07, 6.45) is 8.09. The molecule has 0 spiro atoms. The number of allylic oxidation sites excluding steroid dienone is 1. The van der Waals surface area contributed by atoms with Gasteiger partial charge in [0.15, 0.2) is 0 Å². The van der Waals surface area contributed by atoms with Gasteiger partial charge in [-0.1, -0.05) is 17.7 Å². The minimum absolute atomic E-state index is 0.208. The van der Waals surface area contributed by atoms with Gasteiger partial charge in [0, 0.05) is 0 Å². The largest absolute Gasteiger partial charge is 0.392 e. The van der Waals surface area contributed by atoms with Gasteiger partial charge < -0.3 is 5.11 Å². The first-order chi connectivity index (χ1) is 8.65. The van der Waals surface area contributed by atoms with Crippen molar-refractivity contribution < 1.29 is 9.50 Å². The summed E-state index contributed by atoms with van der Waals surface area (Å²) < 4.78 is 13.0. The fourth-order valence-corrected chi connectivity index (χ4v) is 2.61. The zero-order valence-electron chi connectivity index (χ0n) is 11.0. The molecule has 0 aliphatic heterocycles. The number of halogens is 1. The lowest BCUT2D eigenvalue weighted by molar-refractivity contribution is 0.173. The summed E-state index contributed by atoms with van der Waals surface area (Å²) in [5.74, 6) is -0.208. The molecule has 0 saturated carbocycles. The summed E-state index contributed by atoms with van der Waals surface area (Å²) in [6.45, 7) is 1.89. The monoisotopic (exact) mass is 248 g/mol. The smallest absolute Gasteiger partial charge is 0.123 e. The normalized spacial score (nSPS) is 17.4. The zero-order chi connectivity index (χ0) is 13.0. The zero-order valence-corrected chi connectivity index (χ0v) is 11.0. The van der Waals surface area contributed by atoms with Crippen LogP contribution in [0.2, 0.25) is 0 Å². The van der Waals surface area contributed by atoms with E-state index in [1.165, 1.54) is 30.5 Å². The molecule has 1 aliphatic rings. The van der Waals surface area contributed by atoms with Crippen LogP contribution < -0.4 is 0 Å². The molecule has 2 heteroatoms. The summed E-state index contributed by atoms with van der Waals surface area (Å²) in [6, 6.07) is 4.78. The third-order valence-corrected chi connectivity index (χ3v) is 3.64. The molecule has 2 rings (SSSR count). The molecule has 0 aromatic heterocycles. The standard InChI is InChI=1S/C16H21FO/c1-12-9-15(17)8-7-14(12)11-16(18)10-13-5-3-2-4-6-13/h5,7-9,16,18H,2-4,6,10-11H2,1H3. The van der Waals surface area contributed by atoms with Gasteiger partial charge in [-0.2, -0.15) is 0 Å². The Morgan fingerprint density at radius 2 is 2.11 bits per heavy atom. The van der Waals surface area contributed by atoms with Crippen molar-refractivity contribution in [2.45, 2.75) is 51.6 Å². The molecule has 18 heavy (non-hydrogen) atoms. The predicted octanol–water partition coefficient (Wildman–Crippen LogP) is 3.93. The first-order valence-corrected chi connectivity index (χ1v) is 6.76. The van der Waals surface area contributed by atoms with Gasteiger partial charge in [-0.3, -0.25) is 0 Å². The molecule has 1 N–H and O–H groups in total. The van der Waals surface area contributed by atoms with E-state index in [0.717, 1.165) is 30.4 Å². The van der Waals surface area contributed by atoms with Gasteiger partial charge in [-0.25, -0.2) is 4.39 Å². The van der Waals surface area contributed by atoms with Crippen LogP contribution in [0.4, 0.5) is 4.39 Å². The summed E-state index contributed by atoms with van der Waals surface area (Å²) in [5, 5.41) is 10.1. The number of hydrogen-bond acceptors (Lipinski definition) is 1.